The average Bonchev–Trinajstić information content (AvgIpc) is 2.89. The smallest absolute Gasteiger partial charge is 0.480 e. The maximum atomic E-state index is 13.5. The summed E-state index contributed by atoms with van der Waals surface area (Å²) in [5.74, 6) is -2.57. The van der Waals surface area contributed by atoms with Crippen LogP contribution in [0.1, 0.15) is 36.7 Å². The van der Waals surface area contributed by atoms with E-state index in [1.54, 1.807) is 32.9 Å². The average molecular weight is 573 g/mol. The van der Waals surface area contributed by atoms with Gasteiger partial charge < -0.3 is 24.8 Å². The minimum Gasteiger partial charge on any atom is -0.480 e. The summed E-state index contributed by atoms with van der Waals surface area (Å²) in [6.45, 7) is 4.69. The number of alkyl carbamates (subject to hydrolysis) is 1. The molecule has 0 unspecified atom stereocenters. The predicted molar refractivity (Wildman–Crippen MR) is 145 cm³/mol. The van der Waals surface area contributed by atoms with Gasteiger partial charge in [0.2, 0.25) is 0 Å². The Balaban J connectivity index is 1.84. The molecule has 218 valence electrons. The molecule has 3 rings (SSSR count). The fourth-order valence-electron chi connectivity index (χ4n) is 3.97. The van der Waals surface area contributed by atoms with Gasteiger partial charge in [0.15, 0.2) is 0 Å². The molecule has 3 aromatic rings. The number of hydrogen-bond donors (Lipinski definition) is 2. The molecule has 0 radical (unpaired) electrons. The van der Waals surface area contributed by atoms with Crippen LogP contribution in [0.25, 0.3) is 11.1 Å². The molecular formula is C30H31F3N2O6. The summed E-state index contributed by atoms with van der Waals surface area (Å²) in [4.78, 5) is 39.1. The number of benzene rings is 3. The summed E-state index contributed by atoms with van der Waals surface area (Å²) in [7, 11) is 0. The lowest BCUT2D eigenvalue weighted by atomic mass is 9.99. The molecule has 8 nitrogen and oxygen atoms in total. The standard InChI is InChI=1S/C30H31F3N2O6/c1-29(2,3)41-28(39)34-17-18-35(26(36)23-13-15-24(16-14-23)40-30(31,32)33)25(27(37)38)19-20-9-11-22(12-10-20)21-7-5-4-6-8-21/h4-16,25H,17-19H2,1-3H3,(H,34,39)(H,37,38)/t25-/m0/s1. The molecule has 11 heteroatoms. The van der Waals surface area contributed by atoms with Crippen LogP contribution in [0.15, 0.2) is 78.9 Å². The molecule has 0 bridgehead atoms. The van der Waals surface area contributed by atoms with Crippen molar-refractivity contribution in [2.24, 2.45) is 0 Å². The van der Waals surface area contributed by atoms with Gasteiger partial charge in [0.25, 0.3) is 5.91 Å². The molecule has 0 saturated heterocycles. The second-order valence-corrected chi connectivity index (χ2v) is 10.1. The highest BCUT2D eigenvalue weighted by molar-refractivity contribution is 5.97. The monoisotopic (exact) mass is 572 g/mol. The zero-order valence-corrected chi connectivity index (χ0v) is 22.8. The Hall–Kier alpha value is -4.54. The lowest BCUT2D eigenvalue weighted by Gasteiger charge is -2.30. The maximum Gasteiger partial charge on any atom is 0.573 e. The SMILES string of the molecule is CC(C)(C)OC(=O)NCCN(C(=O)c1ccc(OC(F)(F)F)cc1)[C@@H](Cc1ccc(-c2ccccc2)cc1)C(=O)O. The first-order valence-corrected chi connectivity index (χ1v) is 12.7. The highest BCUT2D eigenvalue weighted by Gasteiger charge is 2.33. The summed E-state index contributed by atoms with van der Waals surface area (Å²) in [6.07, 6.45) is -5.71. The fourth-order valence-corrected chi connectivity index (χ4v) is 3.97. The molecule has 0 fully saturated rings. The van der Waals surface area contributed by atoms with Crippen molar-refractivity contribution >= 4 is 18.0 Å². The molecule has 0 aromatic heterocycles. The van der Waals surface area contributed by atoms with E-state index >= 15 is 0 Å². The number of carbonyl (C=O) groups excluding carboxylic acids is 2. The van der Waals surface area contributed by atoms with Crippen molar-refractivity contribution in [3.05, 3.63) is 90.0 Å². The molecule has 0 heterocycles. The molecule has 3 aromatic carbocycles. The Morgan fingerprint density at radius 1 is 0.878 bits per heavy atom. The first kappa shape index (κ1) is 31.0. The quantitative estimate of drug-likeness (QED) is 0.313. The Morgan fingerprint density at radius 3 is 2.00 bits per heavy atom. The fraction of sp³-hybridized carbons (Fsp3) is 0.300. The predicted octanol–water partition coefficient (Wildman–Crippen LogP) is 5.92. The van der Waals surface area contributed by atoms with E-state index in [-0.39, 0.29) is 25.1 Å². The zero-order chi connectivity index (χ0) is 30.2. The highest BCUT2D eigenvalue weighted by Crippen LogP contribution is 2.24. The zero-order valence-electron chi connectivity index (χ0n) is 22.8. The van der Waals surface area contributed by atoms with E-state index in [1.807, 2.05) is 42.5 Å². The molecule has 41 heavy (non-hydrogen) atoms. The molecule has 0 aliphatic carbocycles. The van der Waals surface area contributed by atoms with Crippen LogP contribution in [0.2, 0.25) is 0 Å². The van der Waals surface area contributed by atoms with Crippen molar-refractivity contribution in [1.29, 1.82) is 0 Å². The normalized spacial score (nSPS) is 12.2. The van der Waals surface area contributed by atoms with Gasteiger partial charge in [-0.05, 0) is 61.7 Å². The van der Waals surface area contributed by atoms with Crippen molar-refractivity contribution in [1.82, 2.24) is 10.2 Å². The number of carbonyl (C=O) groups is 3. The summed E-state index contributed by atoms with van der Waals surface area (Å²) >= 11 is 0. The van der Waals surface area contributed by atoms with Crippen molar-refractivity contribution in [3.8, 4) is 16.9 Å². The van der Waals surface area contributed by atoms with Gasteiger partial charge in [0.1, 0.15) is 17.4 Å². The molecular weight excluding hydrogens is 541 g/mol. The number of carboxylic acid groups (broad SMARTS) is 1. The third kappa shape index (κ3) is 9.86. The summed E-state index contributed by atoms with van der Waals surface area (Å²) in [5, 5.41) is 12.6. The van der Waals surface area contributed by atoms with E-state index in [1.165, 1.54) is 0 Å². The number of nitrogens with one attached hydrogen (secondary N) is 1. The van der Waals surface area contributed by atoms with Gasteiger partial charge in [0, 0.05) is 25.1 Å². The Kier molecular flexibility index (Phi) is 9.99. The van der Waals surface area contributed by atoms with Gasteiger partial charge in [-0.25, -0.2) is 9.59 Å². The second kappa shape index (κ2) is 13.2. The summed E-state index contributed by atoms with van der Waals surface area (Å²) < 4.78 is 46.7. The number of ether oxygens (including phenoxy) is 2. The number of carboxylic acids is 1. The molecule has 1 atom stereocenters. The van der Waals surface area contributed by atoms with Gasteiger partial charge in [0.05, 0.1) is 0 Å². The second-order valence-electron chi connectivity index (χ2n) is 10.1. The Bertz CT molecular complexity index is 1320. The first-order valence-electron chi connectivity index (χ1n) is 12.7. The van der Waals surface area contributed by atoms with Crippen LogP contribution in [0.4, 0.5) is 18.0 Å². The van der Waals surface area contributed by atoms with Gasteiger partial charge in [-0.1, -0.05) is 54.6 Å². The molecule has 2 N–H and O–H groups in total. The minimum absolute atomic E-state index is 0.0533. The van der Waals surface area contributed by atoms with Crippen molar-refractivity contribution in [3.63, 3.8) is 0 Å². The van der Waals surface area contributed by atoms with Gasteiger partial charge >= 0.3 is 18.4 Å². The van der Waals surface area contributed by atoms with Crippen LogP contribution in [0, 0.1) is 0 Å². The molecule has 0 aliphatic rings. The van der Waals surface area contributed by atoms with Crippen LogP contribution in [0.3, 0.4) is 0 Å². The van der Waals surface area contributed by atoms with E-state index in [9.17, 15) is 32.7 Å². The third-order valence-electron chi connectivity index (χ3n) is 5.77. The number of nitrogens with zero attached hydrogens (tertiary/aromatic N) is 1. The molecule has 0 spiro atoms. The van der Waals surface area contributed by atoms with Crippen LogP contribution in [0.5, 0.6) is 5.75 Å². The van der Waals surface area contributed by atoms with Crippen LogP contribution in [-0.4, -0.2) is 59.1 Å². The van der Waals surface area contributed by atoms with Gasteiger partial charge in [-0.2, -0.15) is 0 Å². The lowest BCUT2D eigenvalue weighted by Crippen LogP contribution is -2.49. The summed E-state index contributed by atoms with van der Waals surface area (Å²) in [6, 6.07) is 19.6. The van der Waals surface area contributed by atoms with Gasteiger partial charge in [-0.3, -0.25) is 4.79 Å². The minimum atomic E-state index is -4.91. The van der Waals surface area contributed by atoms with Crippen LogP contribution >= 0.6 is 0 Å². The number of aliphatic carboxylic acids is 1. The largest absolute Gasteiger partial charge is 0.573 e. The van der Waals surface area contributed by atoms with Crippen LogP contribution < -0.4 is 10.1 Å². The number of rotatable bonds is 10. The number of halogens is 3. The van der Waals surface area contributed by atoms with Crippen LogP contribution in [-0.2, 0) is 16.0 Å². The van der Waals surface area contributed by atoms with E-state index in [0.29, 0.717) is 5.56 Å². The molecule has 0 saturated carbocycles. The van der Waals surface area contributed by atoms with Crippen molar-refractivity contribution in [2.75, 3.05) is 13.1 Å². The maximum absolute atomic E-state index is 13.5. The van der Waals surface area contributed by atoms with Crippen molar-refractivity contribution in [2.45, 2.75) is 45.2 Å². The summed E-state index contributed by atoms with van der Waals surface area (Å²) in [5.41, 5.74) is 1.73. The third-order valence-corrected chi connectivity index (χ3v) is 5.77. The van der Waals surface area contributed by atoms with Crippen molar-refractivity contribution < 1.29 is 42.1 Å². The molecule has 2 amide bonds. The highest BCUT2D eigenvalue weighted by atomic mass is 19.4. The van der Waals surface area contributed by atoms with Gasteiger partial charge in [-0.15, -0.1) is 13.2 Å². The Morgan fingerprint density at radius 2 is 1.46 bits per heavy atom. The van der Waals surface area contributed by atoms with E-state index in [0.717, 1.165) is 40.3 Å². The number of amides is 2. The number of hydrogen-bond acceptors (Lipinski definition) is 5. The van der Waals surface area contributed by atoms with E-state index in [4.69, 9.17) is 4.74 Å². The van der Waals surface area contributed by atoms with E-state index < -0.39 is 41.7 Å². The van der Waals surface area contributed by atoms with E-state index in [2.05, 4.69) is 10.1 Å². The first-order chi connectivity index (χ1) is 19.2. The lowest BCUT2D eigenvalue weighted by molar-refractivity contribution is -0.274. The Labute approximate surface area is 235 Å². The topological polar surface area (TPSA) is 105 Å². The molecule has 0 aliphatic heterocycles. The number of alkyl halides is 3.